The second-order valence-corrected chi connectivity index (χ2v) is 3.40. The molecule has 0 saturated carbocycles. The summed E-state index contributed by atoms with van der Waals surface area (Å²) in [5, 5.41) is -1.13. The molecule has 0 atom stereocenters. The number of methoxy groups -OCH3 is 1. The van der Waals surface area contributed by atoms with Crippen LogP contribution in [0.5, 0.6) is 0 Å². The second-order valence-electron chi connectivity index (χ2n) is 3.02. The molecule has 0 aliphatic carbocycles. The van der Waals surface area contributed by atoms with E-state index in [1.807, 2.05) is 0 Å². The van der Waals surface area contributed by atoms with E-state index >= 15 is 0 Å². The van der Waals surface area contributed by atoms with Crippen molar-refractivity contribution in [2.75, 3.05) is 7.11 Å². The van der Waals surface area contributed by atoms with Crippen molar-refractivity contribution < 1.29 is 27.5 Å². The Kier molecular flexibility index (Phi) is 4.11. The maximum Gasteiger partial charge on any atom is 0.313 e. The van der Waals surface area contributed by atoms with Gasteiger partial charge in [-0.15, -0.1) is 0 Å². The number of hydrogen-bond donors (Lipinski definition) is 0. The van der Waals surface area contributed by atoms with Crippen LogP contribution in [-0.4, -0.2) is 18.9 Å². The van der Waals surface area contributed by atoms with Gasteiger partial charge >= 0.3 is 5.97 Å². The van der Waals surface area contributed by atoms with Gasteiger partial charge in [0, 0.05) is 0 Å². The van der Waals surface area contributed by atoms with Crippen LogP contribution in [0.25, 0.3) is 0 Å². The van der Waals surface area contributed by atoms with E-state index in [0.717, 1.165) is 7.11 Å². The molecule has 92 valence electrons. The molecule has 0 aromatic heterocycles. The fourth-order valence-corrected chi connectivity index (χ4v) is 1.27. The van der Waals surface area contributed by atoms with E-state index in [-0.39, 0.29) is 0 Å². The summed E-state index contributed by atoms with van der Waals surface area (Å²) in [6.07, 6.45) is -0.783. The Morgan fingerprint density at radius 1 is 1.29 bits per heavy atom. The van der Waals surface area contributed by atoms with Crippen LogP contribution in [0.15, 0.2) is 6.07 Å². The van der Waals surface area contributed by atoms with Gasteiger partial charge in [-0.25, -0.2) is 13.2 Å². The van der Waals surface area contributed by atoms with Crippen LogP contribution in [0.1, 0.15) is 16.8 Å². The molecule has 0 saturated heterocycles. The number of hydrogen-bond acceptors (Lipinski definition) is 3. The third kappa shape index (κ3) is 2.76. The number of carbonyl (C=O) groups is 2. The molecule has 17 heavy (non-hydrogen) atoms. The molecule has 0 unspecified atom stereocenters. The van der Waals surface area contributed by atoms with Crippen LogP contribution in [0, 0.1) is 17.5 Å². The number of carbonyl (C=O) groups excluding carboxylic acids is 2. The third-order valence-corrected chi connectivity index (χ3v) is 2.27. The first-order valence-electron chi connectivity index (χ1n) is 4.31. The minimum absolute atomic E-state index is 0.349. The van der Waals surface area contributed by atoms with E-state index in [9.17, 15) is 22.8 Å². The zero-order valence-electron chi connectivity index (χ0n) is 8.52. The lowest BCUT2D eigenvalue weighted by Gasteiger charge is -2.05. The number of esters is 1. The van der Waals surface area contributed by atoms with E-state index < -0.39 is 46.2 Å². The standard InChI is InChI=1S/C10H6ClF3O3/c1-17-7(16)3-6(15)4-2-5(12)10(14)8(11)9(4)13/h2H,3H2,1H3. The van der Waals surface area contributed by atoms with Crippen molar-refractivity contribution in [3.05, 3.63) is 34.1 Å². The molecule has 0 aliphatic rings. The van der Waals surface area contributed by atoms with Gasteiger partial charge in [-0.2, -0.15) is 0 Å². The molecular formula is C10H6ClF3O3. The van der Waals surface area contributed by atoms with Gasteiger partial charge in [-0.05, 0) is 6.07 Å². The van der Waals surface area contributed by atoms with Crippen molar-refractivity contribution in [2.45, 2.75) is 6.42 Å². The van der Waals surface area contributed by atoms with Crippen molar-refractivity contribution in [1.29, 1.82) is 0 Å². The number of ketones is 1. The molecular weight excluding hydrogens is 261 g/mol. The first-order chi connectivity index (χ1) is 7.88. The monoisotopic (exact) mass is 266 g/mol. The van der Waals surface area contributed by atoms with Crippen molar-refractivity contribution in [3.63, 3.8) is 0 Å². The summed E-state index contributed by atoms with van der Waals surface area (Å²) in [6.45, 7) is 0. The molecule has 1 aromatic rings. The Balaban J connectivity index is 3.15. The lowest BCUT2D eigenvalue weighted by molar-refractivity contribution is -0.139. The largest absolute Gasteiger partial charge is 0.469 e. The SMILES string of the molecule is COC(=O)CC(=O)c1cc(F)c(F)c(Cl)c1F. The van der Waals surface area contributed by atoms with E-state index in [0.29, 0.717) is 6.07 Å². The molecule has 0 amide bonds. The molecule has 1 aromatic carbocycles. The van der Waals surface area contributed by atoms with Gasteiger partial charge in [0.25, 0.3) is 0 Å². The predicted octanol–water partition coefficient (Wildman–Crippen LogP) is 2.50. The fraction of sp³-hybridized carbons (Fsp3) is 0.200. The minimum atomic E-state index is -1.58. The molecule has 0 fully saturated rings. The summed E-state index contributed by atoms with van der Waals surface area (Å²) >= 11 is 5.14. The molecule has 0 radical (unpaired) electrons. The van der Waals surface area contributed by atoms with Crippen LogP contribution in [0.4, 0.5) is 13.2 Å². The Morgan fingerprint density at radius 3 is 2.41 bits per heavy atom. The zero-order chi connectivity index (χ0) is 13.2. The summed E-state index contributed by atoms with van der Waals surface area (Å²) in [5.41, 5.74) is -0.792. The Hall–Kier alpha value is -1.56. The highest BCUT2D eigenvalue weighted by Crippen LogP contribution is 2.25. The number of rotatable bonds is 3. The first-order valence-corrected chi connectivity index (χ1v) is 4.69. The molecule has 0 aliphatic heterocycles. The zero-order valence-corrected chi connectivity index (χ0v) is 9.28. The fourth-order valence-electron chi connectivity index (χ4n) is 1.07. The van der Waals surface area contributed by atoms with Crippen LogP contribution in [0.3, 0.4) is 0 Å². The number of benzene rings is 1. The van der Waals surface area contributed by atoms with Crippen LogP contribution >= 0.6 is 11.6 Å². The van der Waals surface area contributed by atoms with Gasteiger partial charge in [-0.3, -0.25) is 9.59 Å². The summed E-state index contributed by atoms with van der Waals surface area (Å²) in [6, 6.07) is 0.349. The molecule has 0 bridgehead atoms. The normalized spacial score (nSPS) is 10.2. The highest BCUT2D eigenvalue weighted by atomic mass is 35.5. The maximum atomic E-state index is 13.3. The van der Waals surface area contributed by atoms with Crippen molar-refractivity contribution in [1.82, 2.24) is 0 Å². The topological polar surface area (TPSA) is 43.4 Å². The Bertz CT molecular complexity index is 488. The molecule has 0 N–H and O–H groups in total. The van der Waals surface area contributed by atoms with Gasteiger partial charge in [0.2, 0.25) is 0 Å². The van der Waals surface area contributed by atoms with E-state index in [2.05, 4.69) is 4.74 Å². The van der Waals surface area contributed by atoms with E-state index in [4.69, 9.17) is 11.6 Å². The summed E-state index contributed by atoms with van der Waals surface area (Å²) in [5.74, 6) is -6.42. The van der Waals surface area contributed by atoms with E-state index in [1.165, 1.54) is 0 Å². The van der Waals surface area contributed by atoms with Crippen molar-refractivity contribution >= 4 is 23.4 Å². The van der Waals surface area contributed by atoms with Gasteiger partial charge in [0.05, 0.1) is 12.7 Å². The second kappa shape index (κ2) is 5.18. The predicted molar refractivity (Wildman–Crippen MR) is 52.3 cm³/mol. The lowest BCUT2D eigenvalue weighted by atomic mass is 10.1. The van der Waals surface area contributed by atoms with Gasteiger partial charge < -0.3 is 4.74 Å². The van der Waals surface area contributed by atoms with Gasteiger partial charge in [0.15, 0.2) is 23.2 Å². The average Bonchev–Trinajstić information content (AvgIpc) is 2.30. The smallest absolute Gasteiger partial charge is 0.313 e. The third-order valence-electron chi connectivity index (χ3n) is 1.94. The summed E-state index contributed by atoms with van der Waals surface area (Å²) in [4.78, 5) is 22.1. The molecule has 7 heteroatoms. The minimum Gasteiger partial charge on any atom is -0.469 e. The number of ether oxygens (including phenoxy) is 1. The highest BCUT2D eigenvalue weighted by Gasteiger charge is 2.23. The van der Waals surface area contributed by atoms with Crippen LogP contribution < -0.4 is 0 Å². The maximum absolute atomic E-state index is 13.3. The summed E-state index contributed by atoms with van der Waals surface area (Å²) in [7, 11) is 1.03. The summed E-state index contributed by atoms with van der Waals surface area (Å²) < 4.78 is 43.2. The van der Waals surface area contributed by atoms with Crippen molar-refractivity contribution in [2.24, 2.45) is 0 Å². The molecule has 3 nitrogen and oxygen atoms in total. The lowest BCUT2D eigenvalue weighted by Crippen LogP contribution is -2.12. The number of Topliss-reactive ketones (excluding diaryl/α,β-unsaturated/α-hetero) is 1. The van der Waals surface area contributed by atoms with Gasteiger partial charge in [0.1, 0.15) is 11.4 Å². The Morgan fingerprint density at radius 2 is 1.88 bits per heavy atom. The van der Waals surface area contributed by atoms with E-state index in [1.54, 1.807) is 0 Å². The first kappa shape index (κ1) is 13.5. The average molecular weight is 267 g/mol. The highest BCUT2D eigenvalue weighted by molar-refractivity contribution is 6.31. The molecule has 0 heterocycles. The van der Waals surface area contributed by atoms with Crippen LogP contribution in [-0.2, 0) is 9.53 Å². The number of halogens is 4. The Labute approximate surface area is 99.1 Å². The molecule has 1 rings (SSSR count). The van der Waals surface area contributed by atoms with Gasteiger partial charge in [-0.1, -0.05) is 11.6 Å². The van der Waals surface area contributed by atoms with Crippen molar-refractivity contribution in [3.8, 4) is 0 Å². The quantitative estimate of drug-likeness (QED) is 0.278. The molecule has 0 spiro atoms. The van der Waals surface area contributed by atoms with Crippen LogP contribution in [0.2, 0.25) is 5.02 Å².